The first-order valence-corrected chi connectivity index (χ1v) is 12.0. The van der Waals surface area contributed by atoms with E-state index in [0.29, 0.717) is 17.1 Å². The minimum atomic E-state index is -3.94. The average molecular weight is 483 g/mol. The number of anilines is 2. The number of ether oxygens (including phenoxy) is 2. The van der Waals surface area contributed by atoms with Crippen molar-refractivity contribution in [3.8, 4) is 5.75 Å². The second-order valence-corrected chi connectivity index (χ2v) is 9.35. The lowest BCUT2D eigenvalue weighted by Crippen LogP contribution is -2.27. The highest BCUT2D eigenvalue weighted by molar-refractivity contribution is 7.92. The SMILES string of the molecule is CCc1cccc(NC(=O)COC(=O)c2cccc(S(=O)(=O)N(C)c3ccc(OC)cc3)c2)c1. The van der Waals surface area contributed by atoms with E-state index in [0.717, 1.165) is 16.3 Å². The minimum Gasteiger partial charge on any atom is -0.497 e. The minimum absolute atomic E-state index is 0.0185. The Labute approximate surface area is 199 Å². The number of amides is 1. The molecule has 0 bridgehead atoms. The third-order valence-corrected chi connectivity index (χ3v) is 6.90. The van der Waals surface area contributed by atoms with Crippen molar-refractivity contribution in [2.75, 3.05) is 30.4 Å². The first kappa shape index (κ1) is 24.8. The molecule has 1 N–H and O–H groups in total. The standard InChI is InChI=1S/C25H26N2O6S/c1-4-18-7-5-9-20(15-18)26-24(28)17-33-25(29)19-8-6-10-23(16-19)34(30,31)27(2)21-11-13-22(32-3)14-12-21/h5-16H,4,17H2,1-3H3,(H,26,28). The molecular formula is C25H26N2O6S. The van der Waals surface area contributed by atoms with E-state index in [-0.39, 0.29) is 10.5 Å². The van der Waals surface area contributed by atoms with Crippen molar-refractivity contribution >= 4 is 33.3 Å². The molecule has 3 rings (SSSR count). The van der Waals surface area contributed by atoms with Crippen molar-refractivity contribution in [3.63, 3.8) is 0 Å². The van der Waals surface area contributed by atoms with Gasteiger partial charge in [0.1, 0.15) is 5.75 Å². The van der Waals surface area contributed by atoms with E-state index in [1.54, 1.807) is 30.3 Å². The Kier molecular flexibility index (Phi) is 7.91. The molecule has 0 spiro atoms. The number of methoxy groups -OCH3 is 1. The van der Waals surface area contributed by atoms with E-state index in [2.05, 4.69) is 5.32 Å². The largest absolute Gasteiger partial charge is 0.497 e. The van der Waals surface area contributed by atoms with Crippen LogP contribution in [0.2, 0.25) is 0 Å². The van der Waals surface area contributed by atoms with Crippen LogP contribution in [0.3, 0.4) is 0 Å². The second-order valence-electron chi connectivity index (χ2n) is 7.38. The first-order chi connectivity index (χ1) is 16.2. The second kappa shape index (κ2) is 10.8. The maximum absolute atomic E-state index is 13.1. The van der Waals surface area contributed by atoms with Gasteiger partial charge in [-0.2, -0.15) is 0 Å². The Balaban J connectivity index is 1.67. The smallest absolute Gasteiger partial charge is 0.338 e. The molecule has 0 aromatic heterocycles. The number of hydrogen-bond acceptors (Lipinski definition) is 6. The van der Waals surface area contributed by atoms with Crippen molar-refractivity contribution in [1.29, 1.82) is 0 Å². The Hall–Kier alpha value is -3.85. The van der Waals surface area contributed by atoms with Crippen molar-refractivity contribution in [1.82, 2.24) is 0 Å². The van der Waals surface area contributed by atoms with Crippen molar-refractivity contribution in [3.05, 3.63) is 83.9 Å². The van der Waals surface area contributed by atoms with Crippen LogP contribution in [-0.2, 0) is 26.0 Å². The number of carbonyl (C=O) groups excluding carboxylic acids is 2. The summed E-state index contributed by atoms with van der Waals surface area (Å²) in [5.41, 5.74) is 2.12. The van der Waals surface area contributed by atoms with Crippen LogP contribution in [0.1, 0.15) is 22.8 Å². The number of aryl methyl sites for hydroxylation is 1. The molecule has 0 radical (unpaired) electrons. The third kappa shape index (κ3) is 5.93. The van der Waals surface area contributed by atoms with E-state index >= 15 is 0 Å². The lowest BCUT2D eigenvalue weighted by molar-refractivity contribution is -0.119. The molecule has 0 saturated carbocycles. The molecule has 8 nitrogen and oxygen atoms in total. The Morgan fingerprint density at radius 2 is 1.68 bits per heavy atom. The van der Waals surface area contributed by atoms with Crippen LogP contribution < -0.4 is 14.4 Å². The van der Waals surface area contributed by atoms with Crippen LogP contribution in [-0.4, -0.2) is 41.1 Å². The van der Waals surface area contributed by atoms with Gasteiger partial charge in [0.2, 0.25) is 0 Å². The predicted octanol–water partition coefficient (Wildman–Crippen LogP) is 3.88. The van der Waals surface area contributed by atoms with E-state index in [9.17, 15) is 18.0 Å². The van der Waals surface area contributed by atoms with Crippen LogP contribution in [0.25, 0.3) is 0 Å². The Morgan fingerprint density at radius 1 is 0.971 bits per heavy atom. The summed E-state index contributed by atoms with van der Waals surface area (Å²) >= 11 is 0. The summed E-state index contributed by atoms with van der Waals surface area (Å²) in [4.78, 5) is 24.6. The van der Waals surface area contributed by atoms with Crippen molar-refractivity contribution in [2.24, 2.45) is 0 Å². The number of rotatable bonds is 9. The molecule has 0 atom stereocenters. The molecule has 0 aliphatic heterocycles. The van der Waals surface area contributed by atoms with Gasteiger partial charge in [0.25, 0.3) is 15.9 Å². The third-order valence-electron chi connectivity index (χ3n) is 5.12. The number of carbonyl (C=O) groups is 2. The van der Waals surface area contributed by atoms with Crippen molar-refractivity contribution < 1.29 is 27.5 Å². The zero-order valence-electron chi connectivity index (χ0n) is 19.1. The summed E-state index contributed by atoms with van der Waals surface area (Å²) in [5, 5.41) is 2.67. The summed E-state index contributed by atoms with van der Waals surface area (Å²) in [6.45, 7) is 1.50. The highest BCUT2D eigenvalue weighted by Crippen LogP contribution is 2.25. The fraction of sp³-hybridized carbons (Fsp3) is 0.200. The Bertz CT molecular complexity index is 1270. The fourth-order valence-corrected chi connectivity index (χ4v) is 4.39. The van der Waals surface area contributed by atoms with Crippen molar-refractivity contribution in [2.45, 2.75) is 18.2 Å². The summed E-state index contributed by atoms with van der Waals surface area (Å²) in [5.74, 6) is -0.701. The molecule has 0 aliphatic carbocycles. The number of benzene rings is 3. The number of nitrogens with one attached hydrogen (secondary N) is 1. The molecule has 1 amide bonds. The molecule has 3 aromatic carbocycles. The van der Waals surface area contributed by atoms with Crippen LogP contribution in [0.15, 0.2) is 77.7 Å². The lowest BCUT2D eigenvalue weighted by Gasteiger charge is -2.20. The molecule has 0 unspecified atom stereocenters. The molecule has 3 aromatic rings. The molecule has 0 saturated heterocycles. The molecular weight excluding hydrogens is 456 g/mol. The van der Waals surface area contributed by atoms with Gasteiger partial charge in [0, 0.05) is 12.7 Å². The molecule has 9 heteroatoms. The predicted molar refractivity (Wildman–Crippen MR) is 130 cm³/mol. The van der Waals surface area contributed by atoms with Gasteiger partial charge in [-0.1, -0.05) is 25.1 Å². The normalized spacial score (nSPS) is 10.9. The van der Waals surface area contributed by atoms with Gasteiger partial charge in [-0.25, -0.2) is 13.2 Å². The van der Waals surface area contributed by atoms with Crippen LogP contribution in [0, 0.1) is 0 Å². The Morgan fingerprint density at radius 3 is 2.35 bits per heavy atom. The monoisotopic (exact) mass is 482 g/mol. The van der Waals surface area contributed by atoms with E-state index < -0.39 is 28.5 Å². The summed E-state index contributed by atoms with van der Waals surface area (Å²) in [7, 11) is -1.00. The highest BCUT2D eigenvalue weighted by Gasteiger charge is 2.23. The quantitative estimate of drug-likeness (QED) is 0.465. The fourth-order valence-electron chi connectivity index (χ4n) is 3.15. The van der Waals surface area contributed by atoms with E-state index in [4.69, 9.17) is 9.47 Å². The summed E-state index contributed by atoms with van der Waals surface area (Å²) in [6.07, 6.45) is 0.825. The van der Waals surface area contributed by atoms with Crippen LogP contribution in [0.5, 0.6) is 5.75 Å². The van der Waals surface area contributed by atoms with Gasteiger partial charge in [-0.05, 0) is 66.6 Å². The summed E-state index contributed by atoms with van der Waals surface area (Å²) in [6, 6.07) is 19.4. The molecule has 0 aliphatic rings. The van der Waals surface area contributed by atoms with E-state index in [1.807, 2.05) is 25.1 Å². The van der Waals surface area contributed by atoms with Crippen LogP contribution >= 0.6 is 0 Å². The van der Waals surface area contributed by atoms with Crippen LogP contribution in [0.4, 0.5) is 11.4 Å². The summed E-state index contributed by atoms with van der Waals surface area (Å²) < 4.78 is 37.4. The topological polar surface area (TPSA) is 102 Å². The zero-order valence-corrected chi connectivity index (χ0v) is 20.0. The van der Waals surface area contributed by atoms with Gasteiger partial charge < -0.3 is 14.8 Å². The van der Waals surface area contributed by atoms with Gasteiger partial charge in [-0.3, -0.25) is 9.10 Å². The number of hydrogen-bond donors (Lipinski definition) is 1. The molecule has 34 heavy (non-hydrogen) atoms. The molecule has 0 fully saturated rings. The first-order valence-electron chi connectivity index (χ1n) is 10.5. The van der Waals surface area contributed by atoms with Gasteiger partial charge >= 0.3 is 5.97 Å². The lowest BCUT2D eigenvalue weighted by atomic mass is 10.1. The van der Waals surface area contributed by atoms with Gasteiger partial charge in [-0.15, -0.1) is 0 Å². The highest BCUT2D eigenvalue weighted by atomic mass is 32.2. The number of sulfonamides is 1. The number of nitrogens with zero attached hydrogens (tertiary/aromatic N) is 1. The molecule has 178 valence electrons. The number of esters is 1. The maximum Gasteiger partial charge on any atom is 0.338 e. The average Bonchev–Trinajstić information content (AvgIpc) is 2.87. The van der Waals surface area contributed by atoms with Gasteiger partial charge in [0.05, 0.1) is 23.3 Å². The maximum atomic E-state index is 13.1. The van der Waals surface area contributed by atoms with E-state index in [1.165, 1.54) is 38.4 Å². The van der Waals surface area contributed by atoms with Gasteiger partial charge in [0.15, 0.2) is 6.61 Å². The molecule has 0 heterocycles. The zero-order chi connectivity index (χ0) is 24.7.